The Bertz CT molecular complexity index is 1680. The van der Waals surface area contributed by atoms with Gasteiger partial charge in [-0.15, -0.1) is 0 Å². The number of para-hydroxylation sites is 2. The molecule has 0 spiro atoms. The highest BCUT2D eigenvalue weighted by molar-refractivity contribution is 6.30. The van der Waals surface area contributed by atoms with Crippen molar-refractivity contribution in [3.8, 4) is 11.4 Å². The Balaban J connectivity index is 1.18. The minimum absolute atomic E-state index is 0.0394. The van der Waals surface area contributed by atoms with Gasteiger partial charge in [0.15, 0.2) is 0 Å². The number of halogens is 1. The van der Waals surface area contributed by atoms with E-state index in [1.54, 1.807) is 27.7 Å². The Labute approximate surface area is 230 Å². The van der Waals surface area contributed by atoms with Crippen LogP contribution in [0.3, 0.4) is 0 Å². The molecule has 198 valence electrons. The number of benzene rings is 2. The van der Waals surface area contributed by atoms with Crippen molar-refractivity contribution in [1.82, 2.24) is 29.2 Å². The van der Waals surface area contributed by atoms with Gasteiger partial charge in [0, 0.05) is 31.2 Å². The summed E-state index contributed by atoms with van der Waals surface area (Å²) in [6, 6.07) is 19.4. The lowest BCUT2D eigenvalue weighted by molar-refractivity contribution is 0.0919. The number of imidazole rings is 1. The fourth-order valence-corrected chi connectivity index (χ4v) is 5.72. The van der Waals surface area contributed by atoms with Crippen LogP contribution in [-0.2, 0) is 6.54 Å². The van der Waals surface area contributed by atoms with E-state index in [0.717, 1.165) is 48.1 Å². The second-order valence-corrected chi connectivity index (χ2v) is 10.6. The molecule has 0 aliphatic heterocycles. The van der Waals surface area contributed by atoms with Crippen LogP contribution in [0.2, 0.25) is 5.02 Å². The molecular weight excluding hydrogens is 512 g/mol. The number of hydrogen-bond acceptors (Lipinski definition) is 4. The molecule has 3 aromatic heterocycles. The van der Waals surface area contributed by atoms with E-state index in [2.05, 4.69) is 15.4 Å². The van der Waals surface area contributed by atoms with Crippen molar-refractivity contribution in [3.05, 3.63) is 106 Å². The number of carbonyl (C=O) groups excluding carboxylic acids is 1. The second-order valence-electron chi connectivity index (χ2n) is 10.2. The number of amides is 1. The minimum Gasteiger partial charge on any atom is -0.349 e. The maximum atomic E-state index is 13.7. The summed E-state index contributed by atoms with van der Waals surface area (Å²) in [5, 5.41) is 7.89. The third-order valence-corrected chi connectivity index (χ3v) is 7.84. The molecule has 0 saturated heterocycles. The van der Waals surface area contributed by atoms with Crippen LogP contribution in [0.4, 0.5) is 0 Å². The largest absolute Gasteiger partial charge is 0.349 e. The molecule has 1 amide bonds. The minimum atomic E-state index is -0.135. The highest BCUT2D eigenvalue weighted by Gasteiger charge is 2.25. The van der Waals surface area contributed by atoms with Crippen LogP contribution in [0.5, 0.6) is 0 Å². The van der Waals surface area contributed by atoms with Gasteiger partial charge in [-0.05, 0) is 87.1 Å². The summed E-state index contributed by atoms with van der Waals surface area (Å²) in [5.74, 6) is 0.218. The van der Waals surface area contributed by atoms with Crippen molar-refractivity contribution in [2.45, 2.75) is 45.2 Å². The van der Waals surface area contributed by atoms with Gasteiger partial charge < -0.3 is 5.32 Å². The molecule has 2 aromatic carbocycles. The molecule has 5 aromatic rings. The van der Waals surface area contributed by atoms with Crippen molar-refractivity contribution >= 4 is 28.5 Å². The van der Waals surface area contributed by atoms with Gasteiger partial charge in [-0.3, -0.25) is 18.9 Å². The molecule has 8 nitrogen and oxygen atoms in total. The first-order chi connectivity index (χ1) is 19.0. The first-order valence-electron chi connectivity index (χ1n) is 13.2. The molecule has 39 heavy (non-hydrogen) atoms. The van der Waals surface area contributed by atoms with Crippen LogP contribution < -0.4 is 11.0 Å². The third kappa shape index (κ3) is 5.00. The average molecular weight is 541 g/mol. The zero-order valence-corrected chi connectivity index (χ0v) is 22.4. The molecule has 1 aliphatic carbocycles. The smallest absolute Gasteiger partial charge is 0.333 e. The van der Waals surface area contributed by atoms with Crippen molar-refractivity contribution < 1.29 is 4.79 Å². The molecule has 0 unspecified atom stereocenters. The number of hydrogen-bond donors (Lipinski definition) is 1. The van der Waals surface area contributed by atoms with Gasteiger partial charge in [0.25, 0.3) is 5.91 Å². The predicted octanol–water partition coefficient (Wildman–Crippen LogP) is 5.32. The number of fused-ring (bicyclic) bond motifs is 1. The Morgan fingerprint density at radius 1 is 1.00 bits per heavy atom. The van der Waals surface area contributed by atoms with Crippen molar-refractivity contribution in [2.24, 2.45) is 5.92 Å². The molecule has 9 heteroatoms. The van der Waals surface area contributed by atoms with Gasteiger partial charge >= 0.3 is 5.69 Å². The Morgan fingerprint density at radius 3 is 2.44 bits per heavy atom. The van der Waals surface area contributed by atoms with Crippen LogP contribution in [0.1, 0.15) is 41.7 Å². The van der Waals surface area contributed by atoms with Crippen LogP contribution in [-0.4, -0.2) is 35.8 Å². The number of aromatic nitrogens is 5. The van der Waals surface area contributed by atoms with Gasteiger partial charge in [-0.1, -0.05) is 23.7 Å². The standard InChI is InChI=1S/C30H29ClN6O2/c1-20-26(17-22(31)18-32-20)29(38)34-23-9-7-21(8-10-23)19-35-27-5-2-3-6-28(27)37(30(35)39)25-13-11-24(12-14-25)36-16-4-15-33-36/h2-6,11-18,21,23H,7-10,19H2,1H3,(H,34,38)/t21-,23-. The first-order valence-corrected chi connectivity index (χ1v) is 13.6. The number of carbonyl (C=O) groups is 1. The lowest BCUT2D eigenvalue weighted by atomic mass is 9.85. The number of rotatable bonds is 6. The zero-order chi connectivity index (χ0) is 26.9. The molecule has 0 atom stereocenters. The molecule has 1 aliphatic rings. The fourth-order valence-electron chi connectivity index (χ4n) is 5.56. The average Bonchev–Trinajstić information content (AvgIpc) is 3.58. The summed E-state index contributed by atoms with van der Waals surface area (Å²) in [5.41, 5.74) is 4.72. The van der Waals surface area contributed by atoms with Gasteiger partial charge in [0.2, 0.25) is 0 Å². The highest BCUT2D eigenvalue weighted by Crippen LogP contribution is 2.28. The molecule has 1 fully saturated rings. The number of nitrogens with one attached hydrogen (secondary N) is 1. The highest BCUT2D eigenvalue weighted by atomic mass is 35.5. The molecule has 3 heterocycles. The van der Waals surface area contributed by atoms with E-state index in [9.17, 15) is 9.59 Å². The van der Waals surface area contributed by atoms with Gasteiger partial charge in [-0.25, -0.2) is 9.48 Å². The van der Waals surface area contributed by atoms with Gasteiger partial charge in [0.1, 0.15) is 0 Å². The molecule has 6 rings (SSSR count). The van der Waals surface area contributed by atoms with E-state index in [-0.39, 0.29) is 17.6 Å². The van der Waals surface area contributed by atoms with Crippen LogP contribution in [0, 0.1) is 12.8 Å². The summed E-state index contributed by atoms with van der Waals surface area (Å²) in [6.45, 7) is 2.46. The van der Waals surface area contributed by atoms with Gasteiger partial charge in [-0.2, -0.15) is 5.10 Å². The molecule has 0 bridgehead atoms. The SMILES string of the molecule is Cc1ncc(Cl)cc1C(=O)N[C@H]1CC[C@H](Cn2c(=O)n(-c3ccc(-n4cccn4)cc3)c3ccccc32)CC1. The summed E-state index contributed by atoms with van der Waals surface area (Å²) in [7, 11) is 0. The topological polar surface area (TPSA) is 86.7 Å². The van der Waals surface area contributed by atoms with Crippen molar-refractivity contribution in [1.29, 1.82) is 0 Å². The summed E-state index contributed by atoms with van der Waals surface area (Å²) >= 11 is 6.05. The van der Waals surface area contributed by atoms with Gasteiger partial charge in [0.05, 0.1) is 38.7 Å². The molecular formula is C30H29ClN6O2. The molecule has 1 N–H and O–H groups in total. The summed E-state index contributed by atoms with van der Waals surface area (Å²) in [4.78, 5) is 30.7. The quantitative estimate of drug-likeness (QED) is 0.316. The van der Waals surface area contributed by atoms with Crippen LogP contribution >= 0.6 is 11.6 Å². The molecule has 0 radical (unpaired) electrons. The monoisotopic (exact) mass is 540 g/mol. The number of aryl methyl sites for hydroxylation is 1. The number of nitrogens with zero attached hydrogens (tertiary/aromatic N) is 5. The van der Waals surface area contributed by atoms with E-state index >= 15 is 0 Å². The maximum Gasteiger partial charge on any atom is 0.333 e. The Morgan fingerprint density at radius 2 is 1.72 bits per heavy atom. The van der Waals surface area contributed by atoms with Crippen molar-refractivity contribution in [3.63, 3.8) is 0 Å². The fraction of sp³-hybridized carbons (Fsp3) is 0.267. The van der Waals surface area contributed by atoms with E-state index in [4.69, 9.17) is 11.6 Å². The second kappa shape index (κ2) is 10.5. The molecule has 1 saturated carbocycles. The maximum absolute atomic E-state index is 13.7. The lowest BCUT2D eigenvalue weighted by Crippen LogP contribution is -2.39. The van der Waals surface area contributed by atoms with Crippen LogP contribution in [0.15, 0.2) is 84.0 Å². The predicted molar refractivity (Wildman–Crippen MR) is 152 cm³/mol. The normalized spacial score (nSPS) is 17.4. The van der Waals surface area contributed by atoms with E-state index in [1.807, 2.05) is 72.3 Å². The van der Waals surface area contributed by atoms with Crippen molar-refractivity contribution in [2.75, 3.05) is 0 Å². The Hall–Kier alpha value is -4.17. The third-order valence-electron chi connectivity index (χ3n) is 7.63. The van der Waals surface area contributed by atoms with E-state index in [1.165, 1.54) is 0 Å². The number of pyridine rings is 1. The summed E-state index contributed by atoms with van der Waals surface area (Å²) in [6.07, 6.45) is 8.78. The summed E-state index contributed by atoms with van der Waals surface area (Å²) < 4.78 is 5.48. The zero-order valence-electron chi connectivity index (χ0n) is 21.6. The Kier molecular flexibility index (Phi) is 6.79. The van der Waals surface area contributed by atoms with E-state index in [0.29, 0.717) is 28.7 Å². The first kappa shape index (κ1) is 25.1. The van der Waals surface area contributed by atoms with Crippen LogP contribution in [0.25, 0.3) is 22.4 Å². The van der Waals surface area contributed by atoms with E-state index < -0.39 is 0 Å². The lowest BCUT2D eigenvalue weighted by Gasteiger charge is -2.29.